The first-order valence-electron chi connectivity index (χ1n) is 26.6. The van der Waals surface area contributed by atoms with Crippen molar-refractivity contribution in [3.8, 4) is 0 Å². The number of benzene rings is 1. The third-order valence-corrected chi connectivity index (χ3v) is 12.8. The van der Waals surface area contributed by atoms with Crippen LogP contribution in [0.5, 0.6) is 0 Å². The normalized spacial score (nSPS) is 12.4. The standard InChI is InChI=1S/C52H94N12O10S/c1-39(2)33-63(36-48(68)62(28-30-73-6)34-45(65)58-44(20-11-12-22-53)52(72)59-43(51(56)71)21-31-75-7)49(69)38-64(41(5)42-18-9-8-10-19-42)50(70)37-61(26-16-14-24-55)47(67)35-60(27-17-29-74-40(3)4)46(66)32-57-25-15-13-23-54/h8-10,18-19,39-41,43-44,57H,11-17,20-38,53-55H2,1-7H3,(H2,56,71)(H,58,65)(H,59,72). The van der Waals surface area contributed by atoms with Crippen LogP contribution in [0.1, 0.15) is 104 Å². The second-order valence-electron chi connectivity index (χ2n) is 19.3. The molecule has 3 atom stereocenters. The Morgan fingerprint density at radius 2 is 1.19 bits per heavy atom. The van der Waals surface area contributed by atoms with Gasteiger partial charge in [-0.1, -0.05) is 44.2 Å². The summed E-state index contributed by atoms with van der Waals surface area (Å²) in [5.41, 5.74) is 23.5. The first-order chi connectivity index (χ1) is 35.8. The van der Waals surface area contributed by atoms with Crippen molar-refractivity contribution in [2.45, 2.75) is 117 Å². The van der Waals surface area contributed by atoms with Gasteiger partial charge in [0.1, 0.15) is 18.6 Å². The summed E-state index contributed by atoms with van der Waals surface area (Å²) in [6.45, 7) is 10.1. The van der Waals surface area contributed by atoms with Crippen LogP contribution < -0.4 is 38.9 Å². The number of hydrogen-bond donors (Lipinski definition) is 7. The zero-order valence-electron chi connectivity index (χ0n) is 46.2. The summed E-state index contributed by atoms with van der Waals surface area (Å²) in [5.74, 6) is -3.91. The number of nitrogens with zero attached hydrogens (tertiary/aromatic N) is 5. The van der Waals surface area contributed by atoms with E-state index < -0.39 is 85.7 Å². The average Bonchev–Trinajstić information content (AvgIpc) is 3.37. The molecule has 0 saturated heterocycles. The largest absolute Gasteiger partial charge is 0.383 e. The van der Waals surface area contributed by atoms with E-state index in [1.165, 1.54) is 43.4 Å². The van der Waals surface area contributed by atoms with Crippen molar-refractivity contribution in [1.29, 1.82) is 0 Å². The van der Waals surface area contributed by atoms with Gasteiger partial charge in [-0.25, -0.2) is 0 Å². The highest BCUT2D eigenvalue weighted by Gasteiger charge is 2.32. The smallest absolute Gasteiger partial charge is 0.243 e. The highest BCUT2D eigenvalue weighted by Crippen LogP contribution is 2.21. The van der Waals surface area contributed by atoms with Crippen molar-refractivity contribution < 1.29 is 47.8 Å². The molecule has 1 aromatic carbocycles. The zero-order valence-corrected chi connectivity index (χ0v) is 47.0. The molecule has 8 amide bonds. The number of unbranched alkanes of at least 4 members (excludes halogenated alkanes) is 3. The number of primary amides is 1. The van der Waals surface area contributed by atoms with Gasteiger partial charge in [0, 0.05) is 39.9 Å². The van der Waals surface area contributed by atoms with Crippen LogP contribution in [-0.2, 0) is 47.8 Å². The molecule has 0 radical (unpaired) electrons. The van der Waals surface area contributed by atoms with E-state index in [2.05, 4.69) is 16.0 Å². The lowest BCUT2D eigenvalue weighted by Gasteiger charge is -2.35. The zero-order chi connectivity index (χ0) is 56.1. The number of amides is 8. The number of ether oxygens (including phenoxy) is 2. The van der Waals surface area contributed by atoms with Gasteiger partial charge >= 0.3 is 0 Å². The maximum Gasteiger partial charge on any atom is 0.243 e. The summed E-state index contributed by atoms with van der Waals surface area (Å²) in [7, 11) is 1.44. The second-order valence-corrected chi connectivity index (χ2v) is 20.3. The van der Waals surface area contributed by atoms with E-state index in [0.29, 0.717) is 77.1 Å². The number of nitrogens with one attached hydrogen (secondary N) is 3. The van der Waals surface area contributed by atoms with E-state index in [0.717, 1.165) is 18.4 Å². The Labute approximate surface area is 451 Å². The Hall–Kier alpha value is -4.91. The van der Waals surface area contributed by atoms with Crippen molar-refractivity contribution in [3.05, 3.63) is 35.9 Å². The van der Waals surface area contributed by atoms with Crippen LogP contribution in [0, 0.1) is 5.92 Å². The number of nitrogens with two attached hydrogens (primary N) is 4. The van der Waals surface area contributed by atoms with Crippen molar-refractivity contribution in [1.82, 2.24) is 40.4 Å². The predicted molar refractivity (Wildman–Crippen MR) is 294 cm³/mol. The third-order valence-electron chi connectivity index (χ3n) is 12.1. The van der Waals surface area contributed by atoms with E-state index in [-0.39, 0.29) is 70.2 Å². The highest BCUT2D eigenvalue weighted by atomic mass is 32.2. The van der Waals surface area contributed by atoms with Gasteiger partial charge in [0.25, 0.3) is 0 Å². The molecule has 23 heteroatoms. The predicted octanol–water partition coefficient (Wildman–Crippen LogP) is 0.412. The Kier molecular flexibility index (Phi) is 36.6. The molecule has 428 valence electrons. The number of hydrogen-bond acceptors (Lipinski definition) is 15. The van der Waals surface area contributed by atoms with Crippen LogP contribution in [0.4, 0.5) is 0 Å². The second kappa shape index (κ2) is 40.4. The van der Waals surface area contributed by atoms with Crippen LogP contribution in [-0.4, -0.2) is 214 Å². The van der Waals surface area contributed by atoms with Crippen molar-refractivity contribution in [2.24, 2.45) is 28.9 Å². The van der Waals surface area contributed by atoms with Crippen molar-refractivity contribution in [3.63, 3.8) is 0 Å². The van der Waals surface area contributed by atoms with Crippen LogP contribution in [0.2, 0.25) is 0 Å². The van der Waals surface area contributed by atoms with Gasteiger partial charge in [-0.3, -0.25) is 38.4 Å². The minimum atomic E-state index is -1.06. The summed E-state index contributed by atoms with van der Waals surface area (Å²) in [6.07, 6.45) is 6.57. The molecule has 1 rings (SSSR count). The minimum absolute atomic E-state index is 0.0115. The molecule has 0 fully saturated rings. The number of rotatable bonds is 43. The van der Waals surface area contributed by atoms with Gasteiger partial charge in [0.15, 0.2) is 0 Å². The number of thioether (sulfide) groups is 1. The first kappa shape index (κ1) is 68.1. The van der Waals surface area contributed by atoms with Crippen LogP contribution in [0.3, 0.4) is 0 Å². The Morgan fingerprint density at radius 1 is 0.613 bits per heavy atom. The summed E-state index contributed by atoms with van der Waals surface area (Å²) < 4.78 is 11.0. The fraction of sp³-hybridized carbons (Fsp3) is 0.731. The van der Waals surface area contributed by atoms with E-state index in [1.807, 2.05) is 64.3 Å². The minimum Gasteiger partial charge on any atom is -0.383 e. The lowest BCUT2D eigenvalue weighted by molar-refractivity contribution is -0.149. The van der Waals surface area contributed by atoms with Gasteiger partial charge in [-0.2, -0.15) is 11.8 Å². The molecule has 22 nitrogen and oxygen atoms in total. The molecule has 11 N–H and O–H groups in total. The topological polar surface area (TPSA) is 311 Å². The molecule has 0 spiro atoms. The fourth-order valence-corrected chi connectivity index (χ4v) is 8.31. The van der Waals surface area contributed by atoms with Crippen molar-refractivity contribution >= 4 is 59.0 Å². The molecule has 75 heavy (non-hydrogen) atoms. The van der Waals surface area contributed by atoms with Gasteiger partial charge in [-0.15, -0.1) is 0 Å². The SMILES string of the molecule is COCCN(CC(=O)NC(CCCCN)C(=O)NC(CCSC)C(N)=O)C(=O)CN(CC(C)C)C(=O)CN(C(=O)CN(CCCCN)C(=O)CN(CCCOC(C)C)C(=O)CNCCCCN)C(C)c1ccccc1. The molecule has 0 aromatic heterocycles. The number of methoxy groups -OCH3 is 1. The molecule has 3 unspecified atom stereocenters. The van der Waals surface area contributed by atoms with Gasteiger partial charge in [0.2, 0.25) is 47.3 Å². The Bertz CT molecular complexity index is 1830. The maximum atomic E-state index is 14.8. The number of carbonyl (C=O) groups is 8. The molecular weight excluding hydrogens is 985 g/mol. The van der Waals surface area contributed by atoms with E-state index in [4.69, 9.17) is 32.4 Å². The summed E-state index contributed by atoms with van der Waals surface area (Å²) in [4.78, 5) is 118. The number of carbonyl (C=O) groups excluding carboxylic acids is 8. The summed E-state index contributed by atoms with van der Waals surface area (Å²) in [6, 6.07) is 6.46. The molecule has 0 aliphatic carbocycles. The van der Waals surface area contributed by atoms with Crippen LogP contribution >= 0.6 is 11.8 Å². The molecule has 0 heterocycles. The molecule has 0 bridgehead atoms. The Morgan fingerprint density at radius 3 is 1.79 bits per heavy atom. The highest BCUT2D eigenvalue weighted by molar-refractivity contribution is 7.98. The van der Waals surface area contributed by atoms with Gasteiger partial charge in [-0.05, 0) is 128 Å². The molecule has 0 saturated carbocycles. The Balaban J connectivity index is 3.55. The first-order valence-corrected chi connectivity index (χ1v) is 28.0. The molecule has 1 aromatic rings. The lowest BCUT2D eigenvalue weighted by atomic mass is 10.1. The van der Waals surface area contributed by atoms with E-state index in [1.54, 1.807) is 6.92 Å². The van der Waals surface area contributed by atoms with Gasteiger partial charge in [0.05, 0.1) is 51.5 Å². The van der Waals surface area contributed by atoms with E-state index in [9.17, 15) is 38.4 Å². The third kappa shape index (κ3) is 29.3. The molecule has 0 aliphatic rings. The molecule has 0 aliphatic heterocycles. The summed E-state index contributed by atoms with van der Waals surface area (Å²) >= 11 is 1.49. The van der Waals surface area contributed by atoms with Crippen molar-refractivity contribution in [2.75, 3.05) is 124 Å². The summed E-state index contributed by atoms with van der Waals surface area (Å²) in [5, 5.41) is 8.53. The molecular formula is C52H94N12O10S. The average molecular weight is 1080 g/mol. The van der Waals surface area contributed by atoms with Crippen LogP contribution in [0.15, 0.2) is 30.3 Å². The lowest BCUT2D eigenvalue weighted by Crippen LogP contribution is -2.55. The monoisotopic (exact) mass is 1080 g/mol. The maximum absolute atomic E-state index is 14.8. The van der Waals surface area contributed by atoms with Crippen LogP contribution in [0.25, 0.3) is 0 Å². The fourth-order valence-electron chi connectivity index (χ4n) is 7.84. The van der Waals surface area contributed by atoms with Gasteiger partial charge < -0.3 is 72.9 Å². The van der Waals surface area contributed by atoms with E-state index >= 15 is 0 Å². The quantitative estimate of drug-likeness (QED) is 0.0436.